The molecule has 0 saturated carbocycles. The summed E-state index contributed by atoms with van der Waals surface area (Å²) in [6.07, 6.45) is 1.41. The predicted molar refractivity (Wildman–Crippen MR) is 81.0 cm³/mol. The first kappa shape index (κ1) is 15.0. The number of aryl methyl sites for hydroxylation is 1. The molecular weight excluding hydrogens is 294 g/mol. The summed E-state index contributed by atoms with van der Waals surface area (Å²) in [5.41, 5.74) is 7.28. The van der Waals surface area contributed by atoms with Gasteiger partial charge in [0.1, 0.15) is 0 Å². The number of hydrogen-bond acceptors (Lipinski definition) is 5. The second-order valence-electron chi connectivity index (χ2n) is 4.33. The third-order valence-electron chi connectivity index (χ3n) is 2.95. The summed E-state index contributed by atoms with van der Waals surface area (Å²) in [6, 6.07) is 7.29. The van der Waals surface area contributed by atoms with Gasteiger partial charge in [-0.05, 0) is 18.6 Å². The van der Waals surface area contributed by atoms with Crippen LogP contribution in [0.4, 0.5) is 5.69 Å². The van der Waals surface area contributed by atoms with Crippen LogP contribution in [0, 0.1) is 6.92 Å². The molecule has 0 unspecified atom stereocenters. The third-order valence-corrected chi connectivity index (χ3v) is 6.22. The van der Waals surface area contributed by atoms with E-state index in [-0.39, 0.29) is 10.8 Å². The summed E-state index contributed by atoms with van der Waals surface area (Å²) < 4.78 is 26.8. The molecule has 0 spiro atoms. The highest BCUT2D eigenvalue weighted by atomic mass is 32.2. The average Bonchev–Trinajstić information content (AvgIpc) is 2.85. The lowest BCUT2D eigenvalue weighted by Crippen LogP contribution is -2.30. The Bertz CT molecular complexity index is 695. The number of nitrogens with zero attached hydrogens (tertiary/aromatic N) is 2. The van der Waals surface area contributed by atoms with Crippen molar-refractivity contribution >= 4 is 27.0 Å². The highest BCUT2D eigenvalue weighted by Gasteiger charge is 2.25. The molecule has 20 heavy (non-hydrogen) atoms. The van der Waals surface area contributed by atoms with Gasteiger partial charge in [0.2, 0.25) is 0 Å². The molecule has 5 nitrogen and oxygen atoms in total. The Kier molecular flexibility index (Phi) is 4.42. The first-order valence-electron chi connectivity index (χ1n) is 6.21. The van der Waals surface area contributed by atoms with Crippen LogP contribution >= 0.6 is 11.3 Å². The molecule has 108 valence electrons. The fourth-order valence-electron chi connectivity index (χ4n) is 1.82. The number of hydrogen-bond donors (Lipinski definition) is 1. The molecule has 0 aliphatic rings. The maximum atomic E-state index is 12.5. The quantitative estimate of drug-likeness (QED) is 0.859. The zero-order valence-electron chi connectivity index (χ0n) is 11.4. The molecule has 2 aromatic rings. The van der Waals surface area contributed by atoms with Gasteiger partial charge in [-0.2, -0.15) is 4.31 Å². The SMILES string of the molecule is CCN(Cc1ccccc1N)S(=O)(=O)c1cnc(C)s1. The third kappa shape index (κ3) is 3.00. The number of nitrogens with two attached hydrogens (primary N) is 1. The normalized spacial score (nSPS) is 11.9. The van der Waals surface area contributed by atoms with Crippen LogP contribution in [0.15, 0.2) is 34.7 Å². The molecule has 1 aromatic heterocycles. The van der Waals surface area contributed by atoms with E-state index < -0.39 is 10.0 Å². The topological polar surface area (TPSA) is 76.3 Å². The minimum atomic E-state index is -3.51. The molecule has 7 heteroatoms. The van der Waals surface area contributed by atoms with Gasteiger partial charge in [-0.1, -0.05) is 25.1 Å². The minimum absolute atomic E-state index is 0.266. The van der Waals surface area contributed by atoms with E-state index in [1.165, 1.54) is 21.8 Å². The van der Waals surface area contributed by atoms with Crippen molar-refractivity contribution in [2.75, 3.05) is 12.3 Å². The van der Waals surface area contributed by atoms with Crippen LogP contribution in [-0.4, -0.2) is 24.3 Å². The van der Waals surface area contributed by atoms with E-state index in [2.05, 4.69) is 4.98 Å². The minimum Gasteiger partial charge on any atom is -0.398 e. The van der Waals surface area contributed by atoms with E-state index >= 15 is 0 Å². The molecule has 0 saturated heterocycles. The second kappa shape index (κ2) is 5.90. The van der Waals surface area contributed by atoms with Crippen molar-refractivity contribution < 1.29 is 8.42 Å². The Labute approximate surface area is 123 Å². The van der Waals surface area contributed by atoms with Gasteiger partial charge in [0, 0.05) is 18.8 Å². The number of anilines is 1. The summed E-state index contributed by atoms with van der Waals surface area (Å²) in [5.74, 6) is 0. The van der Waals surface area contributed by atoms with Crippen molar-refractivity contribution in [1.29, 1.82) is 0 Å². The van der Waals surface area contributed by atoms with Crippen molar-refractivity contribution in [3.05, 3.63) is 41.0 Å². The van der Waals surface area contributed by atoms with Crippen LogP contribution in [0.1, 0.15) is 17.5 Å². The first-order valence-corrected chi connectivity index (χ1v) is 8.46. The van der Waals surface area contributed by atoms with Crippen molar-refractivity contribution in [2.45, 2.75) is 24.6 Å². The van der Waals surface area contributed by atoms with Crippen LogP contribution in [0.3, 0.4) is 0 Å². The van der Waals surface area contributed by atoms with E-state index in [0.717, 1.165) is 10.6 Å². The first-order chi connectivity index (χ1) is 9.45. The maximum absolute atomic E-state index is 12.5. The van der Waals surface area contributed by atoms with Crippen molar-refractivity contribution in [1.82, 2.24) is 9.29 Å². The number of rotatable bonds is 5. The Morgan fingerprint density at radius 2 is 2.05 bits per heavy atom. The molecule has 0 aliphatic carbocycles. The highest BCUT2D eigenvalue weighted by Crippen LogP contribution is 2.24. The predicted octanol–water partition coefficient (Wildman–Crippen LogP) is 2.24. The van der Waals surface area contributed by atoms with Gasteiger partial charge in [0.25, 0.3) is 10.0 Å². The van der Waals surface area contributed by atoms with Gasteiger partial charge in [-0.25, -0.2) is 13.4 Å². The average molecular weight is 311 g/mol. The Hall–Kier alpha value is -1.44. The standard InChI is InChI=1S/C13H17N3O2S2/c1-3-16(9-11-6-4-5-7-12(11)14)20(17,18)13-8-15-10(2)19-13/h4-8H,3,9,14H2,1-2H3. The fraction of sp³-hybridized carbons (Fsp3) is 0.308. The van der Waals surface area contributed by atoms with Crippen molar-refractivity contribution in [3.63, 3.8) is 0 Å². The molecule has 1 heterocycles. The Morgan fingerprint density at radius 1 is 1.35 bits per heavy atom. The van der Waals surface area contributed by atoms with E-state index in [1.54, 1.807) is 13.0 Å². The van der Waals surface area contributed by atoms with Crippen LogP contribution in [0.5, 0.6) is 0 Å². The summed E-state index contributed by atoms with van der Waals surface area (Å²) in [6.45, 7) is 4.25. The summed E-state index contributed by atoms with van der Waals surface area (Å²) >= 11 is 1.18. The summed E-state index contributed by atoms with van der Waals surface area (Å²) in [5, 5.41) is 0.735. The zero-order valence-corrected chi connectivity index (χ0v) is 13.0. The summed E-state index contributed by atoms with van der Waals surface area (Å²) in [7, 11) is -3.51. The molecule has 0 aliphatic heterocycles. The van der Waals surface area contributed by atoms with Crippen LogP contribution in [0.25, 0.3) is 0 Å². The molecule has 2 rings (SSSR count). The van der Waals surface area contributed by atoms with Gasteiger partial charge in [0.05, 0.1) is 11.2 Å². The fourth-order valence-corrected chi connectivity index (χ4v) is 4.51. The second-order valence-corrected chi connectivity index (χ2v) is 7.73. The molecule has 0 atom stereocenters. The van der Waals surface area contributed by atoms with Gasteiger partial charge in [-0.15, -0.1) is 11.3 Å². The number of thiazole rings is 1. The molecular formula is C13H17N3O2S2. The van der Waals surface area contributed by atoms with Crippen LogP contribution in [-0.2, 0) is 16.6 Å². The lowest BCUT2D eigenvalue weighted by molar-refractivity contribution is 0.425. The van der Waals surface area contributed by atoms with Crippen LogP contribution in [0.2, 0.25) is 0 Å². The number of aromatic nitrogens is 1. The Balaban J connectivity index is 2.31. The molecule has 0 amide bonds. The number of para-hydroxylation sites is 1. The summed E-state index contributed by atoms with van der Waals surface area (Å²) in [4.78, 5) is 4.01. The highest BCUT2D eigenvalue weighted by molar-refractivity contribution is 7.91. The zero-order chi connectivity index (χ0) is 14.8. The van der Waals surface area contributed by atoms with Crippen molar-refractivity contribution in [3.8, 4) is 0 Å². The lowest BCUT2D eigenvalue weighted by atomic mass is 10.2. The van der Waals surface area contributed by atoms with E-state index in [1.807, 2.05) is 25.1 Å². The molecule has 0 radical (unpaired) electrons. The maximum Gasteiger partial charge on any atom is 0.254 e. The largest absolute Gasteiger partial charge is 0.398 e. The molecule has 0 fully saturated rings. The van der Waals surface area contributed by atoms with Gasteiger partial charge in [-0.3, -0.25) is 0 Å². The van der Waals surface area contributed by atoms with Gasteiger partial charge < -0.3 is 5.73 Å². The van der Waals surface area contributed by atoms with Gasteiger partial charge in [0.15, 0.2) is 4.21 Å². The molecule has 1 aromatic carbocycles. The Morgan fingerprint density at radius 3 is 2.60 bits per heavy atom. The number of benzene rings is 1. The smallest absolute Gasteiger partial charge is 0.254 e. The molecule has 0 bridgehead atoms. The number of sulfonamides is 1. The van der Waals surface area contributed by atoms with Crippen molar-refractivity contribution in [2.24, 2.45) is 0 Å². The monoisotopic (exact) mass is 311 g/mol. The lowest BCUT2D eigenvalue weighted by Gasteiger charge is -2.20. The van der Waals surface area contributed by atoms with E-state index in [0.29, 0.717) is 12.2 Å². The number of nitrogen functional groups attached to an aromatic ring is 1. The molecule has 2 N–H and O–H groups in total. The van der Waals surface area contributed by atoms with Crippen LogP contribution < -0.4 is 5.73 Å². The van der Waals surface area contributed by atoms with Gasteiger partial charge >= 0.3 is 0 Å². The van der Waals surface area contributed by atoms with E-state index in [4.69, 9.17) is 5.73 Å². The van der Waals surface area contributed by atoms with E-state index in [9.17, 15) is 8.42 Å².